The van der Waals surface area contributed by atoms with Gasteiger partial charge in [-0.15, -0.1) is 21.5 Å². The number of para-hydroxylation sites is 1. The molecule has 1 atom stereocenters. The van der Waals surface area contributed by atoms with Crippen molar-refractivity contribution < 1.29 is 18.4 Å². The molecule has 0 N–H and O–H groups in total. The van der Waals surface area contributed by atoms with Crippen LogP contribution in [-0.2, 0) is 10.5 Å². The predicted octanol–water partition coefficient (Wildman–Crippen LogP) is 5.33. The Balaban J connectivity index is 1.57. The Kier molecular flexibility index (Phi) is 5.00. The predicted molar refractivity (Wildman–Crippen MR) is 105 cm³/mol. The van der Waals surface area contributed by atoms with E-state index in [1.54, 1.807) is 18.7 Å². The van der Waals surface area contributed by atoms with Crippen molar-refractivity contribution in [3.8, 4) is 10.8 Å². The zero-order valence-electron chi connectivity index (χ0n) is 14.7. The number of hydrogen-bond acceptors (Lipinski definition) is 8. The molecule has 27 heavy (non-hydrogen) atoms. The van der Waals surface area contributed by atoms with Gasteiger partial charge in [-0.3, -0.25) is 0 Å². The summed E-state index contributed by atoms with van der Waals surface area (Å²) in [6, 6.07) is 11.4. The van der Waals surface area contributed by atoms with Gasteiger partial charge < -0.3 is 13.6 Å². The molecule has 0 saturated heterocycles. The topological polar surface area (TPSA) is 78.4 Å². The maximum absolute atomic E-state index is 12.7. The molecule has 4 rings (SSSR count). The fraction of sp³-hybridized carbons (Fsp3) is 0.211. The van der Waals surface area contributed by atoms with Gasteiger partial charge in [-0.1, -0.05) is 24.3 Å². The maximum Gasteiger partial charge on any atom is 0.375 e. The third-order valence-corrected chi connectivity index (χ3v) is 5.41. The summed E-state index contributed by atoms with van der Waals surface area (Å²) in [4.78, 5) is 13.6. The minimum absolute atomic E-state index is 0.218. The highest BCUT2D eigenvalue weighted by molar-refractivity contribution is 7.97. The van der Waals surface area contributed by atoms with E-state index in [4.69, 9.17) is 13.6 Å². The lowest BCUT2D eigenvalue weighted by molar-refractivity contribution is 0.0245. The second-order valence-electron chi connectivity index (χ2n) is 5.81. The van der Waals surface area contributed by atoms with Crippen LogP contribution in [0, 0.1) is 0 Å². The van der Waals surface area contributed by atoms with E-state index >= 15 is 0 Å². The molecule has 8 heteroatoms. The molecule has 4 aromatic rings. The standard InChI is InChI=1S/C19H16N2O4S2/c1-11(17-20-21-18(25-17)15-8-5-9-27-15)23-19(22)16-13(10-26-2)12-6-3-4-7-14(12)24-16/h3-9,11H,10H2,1-2H3. The summed E-state index contributed by atoms with van der Waals surface area (Å²) in [6.07, 6.45) is 1.29. The largest absolute Gasteiger partial charge is 0.449 e. The van der Waals surface area contributed by atoms with Crippen LogP contribution < -0.4 is 0 Å². The number of rotatable bonds is 6. The van der Waals surface area contributed by atoms with Gasteiger partial charge >= 0.3 is 5.97 Å². The smallest absolute Gasteiger partial charge is 0.375 e. The number of benzene rings is 1. The second-order valence-corrected chi connectivity index (χ2v) is 7.62. The van der Waals surface area contributed by atoms with Gasteiger partial charge in [-0.25, -0.2) is 4.79 Å². The highest BCUT2D eigenvalue weighted by Gasteiger charge is 2.26. The van der Waals surface area contributed by atoms with Crippen LogP contribution in [0.4, 0.5) is 0 Å². The third-order valence-electron chi connectivity index (χ3n) is 3.98. The number of hydrogen-bond donors (Lipinski definition) is 0. The van der Waals surface area contributed by atoms with E-state index in [9.17, 15) is 4.79 Å². The number of esters is 1. The van der Waals surface area contributed by atoms with Gasteiger partial charge in [0, 0.05) is 16.7 Å². The Hall–Kier alpha value is -2.58. The Bertz CT molecular complexity index is 1070. The van der Waals surface area contributed by atoms with Gasteiger partial charge in [0.25, 0.3) is 11.8 Å². The van der Waals surface area contributed by atoms with Crippen LogP contribution >= 0.6 is 23.1 Å². The summed E-state index contributed by atoms with van der Waals surface area (Å²) in [6.45, 7) is 1.69. The molecule has 0 amide bonds. The lowest BCUT2D eigenvalue weighted by atomic mass is 10.1. The molecule has 3 aromatic heterocycles. The van der Waals surface area contributed by atoms with Gasteiger partial charge in [0.1, 0.15) is 5.58 Å². The highest BCUT2D eigenvalue weighted by atomic mass is 32.2. The first kappa shape index (κ1) is 17.8. The number of thioether (sulfide) groups is 1. The highest BCUT2D eigenvalue weighted by Crippen LogP contribution is 2.31. The summed E-state index contributed by atoms with van der Waals surface area (Å²) in [7, 11) is 0. The maximum atomic E-state index is 12.7. The zero-order valence-corrected chi connectivity index (χ0v) is 16.3. The Morgan fingerprint density at radius 3 is 2.85 bits per heavy atom. The van der Waals surface area contributed by atoms with Crippen LogP contribution in [-0.4, -0.2) is 22.4 Å². The first-order valence-corrected chi connectivity index (χ1v) is 10.5. The van der Waals surface area contributed by atoms with Crippen molar-refractivity contribution in [1.82, 2.24) is 10.2 Å². The molecule has 0 aliphatic carbocycles. The van der Waals surface area contributed by atoms with Crippen LogP contribution in [0.15, 0.2) is 50.6 Å². The van der Waals surface area contributed by atoms with Crippen LogP contribution in [0.1, 0.15) is 35.0 Å². The second kappa shape index (κ2) is 7.58. The molecule has 1 unspecified atom stereocenters. The molecule has 0 radical (unpaired) electrons. The zero-order chi connectivity index (χ0) is 18.8. The SMILES string of the molecule is CSCc1c(C(=O)OC(C)c2nnc(-c3cccs3)o2)oc2ccccc12. The molecular formula is C19H16N2O4S2. The van der Waals surface area contributed by atoms with Crippen LogP contribution in [0.3, 0.4) is 0 Å². The summed E-state index contributed by atoms with van der Waals surface area (Å²) >= 11 is 3.12. The number of carbonyl (C=O) groups is 1. The van der Waals surface area contributed by atoms with Crippen molar-refractivity contribution in [2.75, 3.05) is 6.26 Å². The first-order chi connectivity index (χ1) is 13.2. The number of aromatic nitrogens is 2. The summed E-state index contributed by atoms with van der Waals surface area (Å²) < 4.78 is 16.9. The van der Waals surface area contributed by atoms with E-state index in [1.165, 1.54) is 11.3 Å². The molecular weight excluding hydrogens is 384 g/mol. The van der Waals surface area contributed by atoms with Crippen molar-refractivity contribution in [1.29, 1.82) is 0 Å². The van der Waals surface area contributed by atoms with E-state index in [0.29, 0.717) is 17.2 Å². The number of carbonyl (C=O) groups excluding carboxylic acids is 1. The molecule has 1 aromatic carbocycles. The molecule has 0 spiro atoms. The van der Waals surface area contributed by atoms with E-state index in [1.807, 2.05) is 48.0 Å². The number of nitrogens with zero attached hydrogens (tertiary/aromatic N) is 2. The molecule has 0 aliphatic rings. The van der Waals surface area contributed by atoms with Gasteiger partial charge in [-0.05, 0) is 30.7 Å². The van der Waals surface area contributed by atoms with Gasteiger partial charge in [-0.2, -0.15) is 11.8 Å². The number of fused-ring (bicyclic) bond motifs is 1. The average molecular weight is 400 g/mol. The average Bonchev–Trinajstić information content (AvgIpc) is 3.41. The lowest BCUT2D eigenvalue weighted by Crippen LogP contribution is -2.10. The van der Waals surface area contributed by atoms with Crippen molar-refractivity contribution in [3.05, 3.63) is 59.0 Å². The third kappa shape index (κ3) is 3.50. The fourth-order valence-electron chi connectivity index (χ4n) is 2.71. The van der Waals surface area contributed by atoms with Gasteiger partial charge in [0.15, 0.2) is 6.10 Å². The van der Waals surface area contributed by atoms with Crippen LogP contribution in [0.25, 0.3) is 21.7 Å². The minimum atomic E-state index is -0.686. The Labute approximate surface area is 163 Å². The molecule has 138 valence electrons. The van der Waals surface area contributed by atoms with Crippen LogP contribution in [0.2, 0.25) is 0 Å². The lowest BCUT2D eigenvalue weighted by Gasteiger charge is -2.08. The van der Waals surface area contributed by atoms with Crippen molar-refractivity contribution in [2.45, 2.75) is 18.8 Å². The molecule has 6 nitrogen and oxygen atoms in total. The van der Waals surface area contributed by atoms with Crippen LogP contribution in [0.5, 0.6) is 0 Å². The van der Waals surface area contributed by atoms with Crippen molar-refractivity contribution in [3.63, 3.8) is 0 Å². The molecule has 0 fully saturated rings. The minimum Gasteiger partial charge on any atom is -0.449 e. The Morgan fingerprint density at radius 2 is 2.07 bits per heavy atom. The number of furan rings is 1. The molecule has 0 saturated carbocycles. The van der Waals surface area contributed by atoms with Gasteiger partial charge in [0.2, 0.25) is 5.76 Å². The fourth-order valence-corrected chi connectivity index (χ4v) is 3.93. The normalized spacial score (nSPS) is 12.4. The quantitative estimate of drug-likeness (QED) is 0.405. The van der Waals surface area contributed by atoms with E-state index < -0.39 is 12.1 Å². The monoisotopic (exact) mass is 400 g/mol. The first-order valence-electron chi connectivity index (χ1n) is 8.25. The number of ether oxygens (including phenoxy) is 1. The molecule has 0 bridgehead atoms. The molecule has 0 aliphatic heterocycles. The van der Waals surface area contributed by atoms with E-state index in [-0.39, 0.29) is 11.7 Å². The Morgan fingerprint density at radius 1 is 1.22 bits per heavy atom. The van der Waals surface area contributed by atoms with Crippen molar-refractivity contribution in [2.24, 2.45) is 0 Å². The number of thiophene rings is 1. The molecule has 3 heterocycles. The summed E-state index contributed by atoms with van der Waals surface area (Å²) in [5.74, 6) is 0.983. The van der Waals surface area contributed by atoms with E-state index in [0.717, 1.165) is 15.8 Å². The summed E-state index contributed by atoms with van der Waals surface area (Å²) in [5, 5.41) is 10.9. The van der Waals surface area contributed by atoms with Gasteiger partial charge in [0.05, 0.1) is 4.88 Å². The van der Waals surface area contributed by atoms with Crippen molar-refractivity contribution >= 4 is 40.0 Å². The summed E-state index contributed by atoms with van der Waals surface area (Å²) in [5.41, 5.74) is 1.50. The van der Waals surface area contributed by atoms with E-state index in [2.05, 4.69) is 10.2 Å².